The third kappa shape index (κ3) is 36.4. The van der Waals surface area contributed by atoms with Gasteiger partial charge in [-0.05, 0) is 57.8 Å². The summed E-state index contributed by atoms with van der Waals surface area (Å²) < 4.78 is 0. The number of aliphatic hydroxyl groups is 4. The minimum Gasteiger partial charge on any atom is -0.394 e. The van der Waals surface area contributed by atoms with Gasteiger partial charge in [0.15, 0.2) is 0 Å². The van der Waals surface area contributed by atoms with Crippen molar-refractivity contribution in [2.45, 2.75) is 269 Å². The molecule has 0 heterocycles. The second-order valence-corrected chi connectivity index (χ2v) is 16.4. The predicted molar refractivity (Wildman–Crippen MR) is 233 cm³/mol. The summed E-state index contributed by atoms with van der Waals surface area (Å²) in [5.74, 6) is -0.608. The largest absolute Gasteiger partial charge is 0.394 e. The average Bonchev–Trinajstić information content (AvgIpc) is 3.18. The van der Waals surface area contributed by atoms with E-state index in [0.717, 1.165) is 51.4 Å². The Kier molecular flexibility index (Phi) is 42.0. The first-order valence-electron chi connectivity index (χ1n) is 23.7. The Bertz CT molecular complexity index is 817. The fraction of sp³-hybridized carbons (Fsp3) is 0.896. The molecule has 5 N–H and O–H groups in total. The maximum Gasteiger partial charge on any atom is 0.249 e. The van der Waals surface area contributed by atoms with Crippen LogP contribution in [-0.2, 0) is 4.79 Å². The Balaban J connectivity index is 3.60. The molecule has 0 spiro atoms. The first-order chi connectivity index (χ1) is 26.5. The quantitative estimate of drug-likeness (QED) is 0.0314. The molecule has 1 amide bonds. The number of unbranched alkanes of at least 4 members (excludes halogenated alkanes) is 30. The van der Waals surface area contributed by atoms with Crippen molar-refractivity contribution in [2.24, 2.45) is 0 Å². The highest BCUT2D eigenvalue weighted by Gasteiger charge is 2.28. The van der Waals surface area contributed by atoms with Crippen molar-refractivity contribution in [3.8, 4) is 0 Å². The lowest BCUT2D eigenvalue weighted by atomic mass is 10.00. The molecule has 4 unspecified atom stereocenters. The van der Waals surface area contributed by atoms with Crippen LogP contribution in [0.15, 0.2) is 24.3 Å². The van der Waals surface area contributed by atoms with E-state index < -0.39 is 36.9 Å². The van der Waals surface area contributed by atoms with E-state index in [4.69, 9.17) is 0 Å². The second kappa shape index (κ2) is 42.9. The average molecular weight is 764 g/mol. The van der Waals surface area contributed by atoms with Crippen molar-refractivity contribution < 1.29 is 25.2 Å². The minimum atomic E-state index is -1.28. The van der Waals surface area contributed by atoms with Crippen LogP contribution in [0.1, 0.15) is 245 Å². The maximum absolute atomic E-state index is 12.4. The molecule has 0 rings (SSSR count). The summed E-state index contributed by atoms with van der Waals surface area (Å²) in [6, 6.07) is -1.00. The van der Waals surface area contributed by atoms with Crippen LogP contribution in [-0.4, -0.2) is 57.3 Å². The zero-order valence-corrected chi connectivity index (χ0v) is 36.0. The zero-order chi connectivity index (χ0) is 39.6. The van der Waals surface area contributed by atoms with Crippen LogP contribution in [0.5, 0.6) is 0 Å². The Hall–Kier alpha value is -1.21. The van der Waals surface area contributed by atoms with Gasteiger partial charge >= 0.3 is 0 Å². The molecule has 0 bridgehead atoms. The molecule has 320 valence electrons. The number of carbonyl (C=O) groups excluding carboxylic acids is 1. The van der Waals surface area contributed by atoms with Gasteiger partial charge < -0.3 is 25.7 Å². The van der Waals surface area contributed by atoms with E-state index in [1.807, 2.05) is 0 Å². The lowest BCUT2D eigenvalue weighted by Crippen LogP contribution is -2.53. The molecular weight excluding hydrogens is 671 g/mol. The second-order valence-electron chi connectivity index (χ2n) is 16.4. The molecule has 4 atom stereocenters. The van der Waals surface area contributed by atoms with Crippen molar-refractivity contribution in [1.29, 1.82) is 0 Å². The van der Waals surface area contributed by atoms with Crippen molar-refractivity contribution in [1.82, 2.24) is 5.32 Å². The van der Waals surface area contributed by atoms with E-state index in [2.05, 4.69) is 43.5 Å². The van der Waals surface area contributed by atoms with Gasteiger partial charge in [0.2, 0.25) is 5.91 Å². The van der Waals surface area contributed by atoms with Gasteiger partial charge in [-0.15, -0.1) is 0 Å². The highest BCUT2D eigenvalue weighted by Crippen LogP contribution is 2.17. The van der Waals surface area contributed by atoms with E-state index >= 15 is 0 Å². The molecule has 0 radical (unpaired) electrons. The molecule has 0 aliphatic carbocycles. The van der Waals surface area contributed by atoms with Gasteiger partial charge in [0, 0.05) is 0 Å². The molecule has 0 aromatic heterocycles. The Morgan fingerprint density at radius 1 is 0.444 bits per heavy atom. The van der Waals surface area contributed by atoms with Crippen LogP contribution in [0.2, 0.25) is 0 Å². The molecule has 0 aromatic rings. The first-order valence-corrected chi connectivity index (χ1v) is 23.7. The number of amides is 1. The van der Waals surface area contributed by atoms with E-state index in [9.17, 15) is 25.2 Å². The van der Waals surface area contributed by atoms with Crippen molar-refractivity contribution in [3.05, 3.63) is 24.3 Å². The molecular formula is C48H93NO5. The summed E-state index contributed by atoms with van der Waals surface area (Å²) in [5.41, 5.74) is 0. The third-order valence-electron chi connectivity index (χ3n) is 11.1. The van der Waals surface area contributed by atoms with Crippen molar-refractivity contribution in [2.75, 3.05) is 6.61 Å². The summed E-state index contributed by atoms with van der Waals surface area (Å²) >= 11 is 0. The maximum atomic E-state index is 12.4. The van der Waals surface area contributed by atoms with Crippen LogP contribution < -0.4 is 5.32 Å². The summed E-state index contributed by atoms with van der Waals surface area (Å²) in [6.07, 6.45) is 49.7. The number of carbonyl (C=O) groups is 1. The van der Waals surface area contributed by atoms with Gasteiger partial charge in [0.25, 0.3) is 0 Å². The van der Waals surface area contributed by atoms with Gasteiger partial charge in [-0.25, -0.2) is 0 Å². The van der Waals surface area contributed by atoms with Crippen molar-refractivity contribution >= 4 is 5.91 Å². The summed E-state index contributed by atoms with van der Waals surface area (Å²) in [7, 11) is 0. The van der Waals surface area contributed by atoms with Gasteiger partial charge in [-0.3, -0.25) is 4.79 Å². The number of rotatable bonds is 43. The van der Waals surface area contributed by atoms with Crippen LogP contribution in [0, 0.1) is 0 Å². The third-order valence-corrected chi connectivity index (χ3v) is 11.1. The van der Waals surface area contributed by atoms with Gasteiger partial charge in [0.1, 0.15) is 12.2 Å². The number of hydrogen-bond acceptors (Lipinski definition) is 5. The summed E-state index contributed by atoms with van der Waals surface area (Å²) in [6.45, 7) is 3.98. The number of nitrogens with one attached hydrogen (secondary N) is 1. The molecule has 0 fully saturated rings. The summed E-state index contributed by atoms with van der Waals surface area (Å²) in [4.78, 5) is 12.4. The number of hydrogen-bond donors (Lipinski definition) is 5. The smallest absolute Gasteiger partial charge is 0.249 e. The van der Waals surface area contributed by atoms with E-state index in [0.29, 0.717) is 12.8 Å². The SMILES string of the molecule is CCCC/C=C\CCCCCC(O)C(=O)NC(CO)C(O)C(O)CCC/C=C/CCCCCCCCCCCCCCCCCCCCCCCCCC. The monoisotopic (exact) mass is 764 g/mol. The Morgan fingerprint density at radius 2 is 0.778 bits per heavy atom. The molecule has 0 aromatic carbocycles. The molecule has 54 heavy (non-hydrogen) atoms. The van der Waals surface area contributed by atoms with E-state index in [1.165, 1.54) is 167 Å². The highest BCUT2D eigenvalue weighted by molar-refractivity contribution is 5.80. The molecule has 0 aliphatic heterocycles. The molecule has 0 aliphatic rings. The van der Waals surface area contributed by atoms with Gasteiger partial charge in [0.05, 0.1) is 18.8 Å². The van der Waals surface area contributed by atoms with E-state index in [1.54, 1.807) is 0 Å². The van der Waals surface area contributed by atoms with Crippen LogP contribution in [0.25, 0.3) is 0 Å². The fourth-order valence-corrected chi connectivity index (χ4v) is 7.33. The fourth-order valence-electron chi connectivity index (χ4n) is 7.33. The molecule has 0 saturated carbocycles. The first kappa shape index (κ1) is 52.8. The van der Waals surface area contributed by atoms with Gasteiger partial charge in [-0.1, -0.05) is 212 Å². The van der Waals surface area contributed by atoms with Gasteiger partial charge in [-0.2, -0.15) is 0 Å². The lowest BCUT2D eigenvalue weighted by molar-refractivity contribution is -0.132. The number of aliphatic hydroxyl groups excluding tert-OH is 4. The normalized spacial score (nSPS) is 14.3. The zero-order valence-electron chi connectivity index (χ0n) is 36.0. The van der Waals surface area contributed by atoms with Crippen molar-refractivity contribution in [3.63, 3.8) is 0 Å². The standard InChI is InChI=1S/C48H93NO5/c1-3-5-7-9-11-13-14-15-16-17-18-19-20-21-22-23-24-25-26-27-28-29-30-31-32-34-35-37-39-41-45(51)47(53)44(43-50)49-48(54)46(52)42-40-38-36-33-12-10-8-6-4-2/h10,12,34-35,44-47,50-53H,3-9,11,13-33,36-43H2,1-2H3,(H,49,54)/b12-10-,35-34+. The molecule has 6 nitrogen and oxygen atoms in total. The van der Waals surface area contributed by atoms with Crippen LogP contribution in [0.4, 0.5) is 0 Å². The topological polar surface area (TPSA) is 110 Å². The van der Waals surface area contributed by atoms with Crippen LogP contribution >= 0.6 is 0 Å². The van der Waals surface area contributed by atoms with E-state index in [-0.39, 0.29) is 0 Å². The Labute approximate surface area is 335 Å². The summed E-state index contributed by atoms with van der Waals surface area (Å²) in [5, 5.41) is 43.5. The predicted octanol–water partition coefficient (Wildman–Crippen LogP) is 12.7. The molecule has 6 heteroatoms. The minimum absolute atomic E-state index is 0.341. The number of allylic oxidation sites excluding steroid dienone is 4. The van der Waals surface area contributed by atoms with Crippen LogP contribution in [0.3, 0.4) is 0 Å². The lowest BCUT2D eigenvalue weighted by Gasteiger charge is -2.27. The highest BCUT2D eigenvalue weighted by atomic mass is 16.3. The molecule has 0 saturated heterocycles. The Morgan fingerprint density at radius 3 is 1.17 bits per heavy atom.